The van der Waals surface area contributed by atoms with Crippen molar-refractivity contribution in [3.63, 3.8) is 0 Å². The maximum absolute atomic E-state index is 13.1. The average Bonchev–Trinajstić information content (AvgIpc) is 3.29. The highest BCUT2D eigenvalue weighted by Crippen LogP contribution is 2.30. The van der Waals surface area contributed by atoms with Crippen LogP contribution in [0.1, 0.15) is 41.3 Å². The zero-order valence-corrected chi connectivity index (χ0v) is 21.9. The van der Waals surface area contributed by atoms with Crippen molar-refractivity contribution in [2.45, 2.75) is 50.4 Å². The first-order chi connectivity index (χ1) is 18.4. The molecular formula is C25H25F3N6O4S. The summed E-state index contributed by atoms with van der Waals surface area (Å²) < 4.78 is 70.0. The normalized spacial score (nSPS) is 15.6. The number of rotatable bonds is 6. The zero-order valence-electron chi connectivity index (χ0n) is 21.1. The molecule has 3 heterocycles. The van der Waals surface area contributed by atoms with Gasteiger partial charge in [0.25, 0.3) is 5.56 Å². The molecule has 1 saturated heterocycles. The molecule has 14 heteroatoms. The molecule has 4 aromatic rings. The number of sulfonamides is 1. The lowest BCUT2D eigenvalue weighted by Crippen LogP contribution is -2.38. The molecule has 0 amide bonds. The van der Waals surface area contributed by atoms with E-state index in [1.54, 1.807) is 4.68 Å². The molecule has 206 valence electrons. The second-order valence-corrected chi connectivity index (χ2v) is 11.4. The molecule has 0 aliphatic carbocycles. The van der Waals surface area contributed by atoms with Gasteiger partial charge in [0, 0.05) is 19.0 Å². The van der Waals surface area contributed by atoms with Gasteiger partial charge in [-0.1, -0.05) is 29.0 Å². The van der Waals surface area contributed by atoms with Gasteiger partial charge in [-0.15, -0.1) is 18.3 Å². The van der Waals surface area contributed by atoms with Crippen LogP contribution in [0.5, 0.6) is 5.75 Å². The number of nitrogens with one attached hydrogen (secondary N) is 1. The topological polar surface area (TPSA) is 123 Å². The quantitative estimate of drug-likeness (QED) is 0.381. The Morgan fingerprint density at radius 1 is 1.08 bits per heavy atom. The van der Waals surface area contributed by atoms with Crippen LogP contribution in [-0.2, 0) is 16.6 Å². The van der Waals surface area contributed by atoms with Crippen molar-refractivity contribution in [3.05, 3.63) is 75.3 Å². The van der Waals surface area contributed by atoms with E-state index in [0.717, 1.165) is 41.0 Å². The van der Waals surface area contributed by atoms with Crippen LogP contribution in [0.25, 0.3) is 11.2 Å². The van der Waals surface area contributed by atoms with Crippen molar-refractivity contribution in [2.24, 2.45) is 0 Å². The van der Waals surface area contributed by atoms with Gasteiger partial charge in [0.15, 0.2) is 11.2 Å². The fourth-order valence-corrected chi connectivity index (χ4v) is 6.12. The van der Waals surface area contributed by atoms with E-state index in [-0.39, 0.29) is 29.4 Å². The van der Waals surface area contributed by atoms with Crippen LogP contribution in [0.2, 0.25) is 0 Å². The fraction of sp³-hybridized carbons (Fsp3) is 0.360. The van der Waals surface area contributed by atoms with Crippen molar-refractivity contribution in [2.75, 3.05) is 13.1 Å². The molecule has 0 atom stereocenters. The van der Waals surface area contributed by atoms with Crippen LogP contribution >= 0.6 is 0 Å². The van der Waals surface area contributed by atoms with Crippen molar-refractivity contribution in [1.29, 1.82) is 0 Å². The van der Waals surface area contributed by atoms with E-state index < -0.39 is 27.7 Å². The molecule has 1 N–H and O–H groups in total. The van der Waals surface area contributed by atoms with Gasteiger partial charge in [-0.05, 0) is 62.1 Å². The highest BCUT2D eigenvalue weighted by Gasteiger charge is 2.33. The Morgan fingerprint density at radius 3 is 2.44 bits per heavy atom. The lowest BCUT2D eigenvalue weighted by Gasteiger charge is -2.30. The smallest absolute Gasteiger partial charge is 0.406 e. The average molecular weight is 563 g/mol. The van der Waals surface area contributed by atoms with Crippen LogP contribution in [-0.4, -0.2) is 57.1 Å². The molecule has 0 radical (unpaired) electrons. The number of nitrogens with zero attached hydrogens (tertiary/aromatic N) is 5. The lowest BCUT2D eigenvalue weighted by atomic mass is 9.97. The molecule has 39 heavy (non-hydrogen) atoms. The molecule has 1 aliphatic rings. The summed E-state index contributed by atoms with van der Waals surface area (Å²) in [6.45, 7) is 4.67. The summed E-state index contributed by atoms with van der Waals surface area (Å²) in [5.74, 6) is -0.278. The van der Waals surface area contributed by atoms with E-state index >= 15 is 0 Å². The number of halogens is 3. The Kier molecular flexibility index (Phi) is 6.93. The van der Waals surface area contributed by atoms with Gasteiger partial charge in [-0.25, -0.2) is 18.1 Å². The first-order valence-corrected chi connectivity index (χ1v) is 13.6. The van der Waals surface area contributed by atoms with Crippen molar-refractivity contribution >= 4 is 21.2 Å². The number of aromatic amines is 1. The number of ether oxygens (including phenoxy) is 1. The molecule has 2 aromatic heterocycles. The summed E-state index contributed by atoms with van der Waals surface area (Å²) in [6.07, 6.45) is -4.09. The third-order valence-electron chi connectivity index (χ3n) is 6.75. The Hall–Kier alpha value is -3.78. The molecule has 5 rings (SSSR count). The van der Waals surface area contributed by atoms with Gasteiger partial charge >= 0.3 is 6.36 Å². The largest absolute Gasteiger partial charge is 0.573 e. The van der Waals surface area contributed by atoms with Crippen molar-refractivity contribution in [3.8, 4) is 5.75 Å². The minimum Gasteiger partial charge on any atom is -0.406 e. The number of H-pyrrole nitrogens is 1. The zero-order chi connectivity index (χ0) is 27.9. The van der Waals surface area contributed by atoms with Gasteiger partial charge in [0.1, 0.15) is 11.6 Å². The van der Waals surface area contributed by atoms with Gasteiger partial charge in [-0.3, -0.25) is 4.79 Å². The molecular weight excluding hydrogens is 537 g/mol. The molecule has 0 spiro atoms. The summed E-state index contributed by atoms with van der Waals surface area (Å²) in [4.78, 5) is 20.1. The van der Waals surface area contributed by atoms with E-state index in [1.165, 1.54) is 4.31 Å². The van der Waals surface area contributed by atoms with E-state index in [2.05, 4.69) is 25.0 Å². The number of benzene rings is 2. The maximum Gasteiger partial charge on any atom is 0.573 e. The molecule has 1 fully saturated rings. The van der Waals surface area contributed by atoms with E-state index in [9.17, 15) is 26.4 Å². The van der Waals surface area contributed by atoms with Crippen LogP contribution in [0.4, 0.5) is 13.2 Å². The van der Waals surface area contributed by atoms with Crippen LogP contribution in [0, 0.1) is 13.8 Å². The molecule has 0 saturated carbocycles. The molecule has 10 nitrogen and oxygen atoms in total. The van der Waals surface area contributed by atoms with Gasteiger partial charge < -0.3 is 9.72 Å². The first kappa shape index (κ1) is 26.8. The predicted molar refractivity (Wildman–Crippen MR) is 135 cm³/mol. The summed E-state index contributed by atoms with van der Waals surface area (Å²) in [5, 5.41) is 8.14. The Bertz CT molecular complexity index is 1670. The second kappa shape index (κ2) is 10.1. The number of aryl methyl sites for hydroxylation is 2. The molecule has 1 aliphatic heterocycles. The van der Waals surface area contributed by atoms with Gasteiger partial charge in [-0.2, -0.15) is 4.31 Å². The SMILES string of the molecule is Cc1ccc(C)c(Cn2nnc3c(=O)[nH]c(C4CCN(S(=O)(=O)c5ccc(OC(F)(F)F)cc5)CC4)nc32)c1. The number of alkyl halides is 3. The molecule has 2 aromatic carbocycles. The molecule has 0 unspecified atom stereocenters. The first-order valence-electron chi connectivity index (χ1n) is 12.2. The minimum absolute atomic E-state index is 0.127. The summed E-state index contributed by atoms with van der Waals surface area (Å²) in [5.41, 5.74) is 3.26. The monoisotopic (exact) mass is 562 g/mol. The Morgan fingerprint density at radius 2 is 1.77 bits per heavy atom. The van der Waals surface area contributed by atoms with E-state index in [4.69, 9.17) is 0 Å². The van der Waals surface area contributed by atoms with E-state index in [1.807, 2.05) is 32.0 Å². The number of fused-ring (bicyclic) bond motifs is 1. The minimum atomic E-state index is -4.87. The van der Waals surface area contributed by atoms with Crippen LogP contribution in [0.15, 0.2) is 52.2 Å². The third kappa shape index (κ3) is 5.66. The highest BCUT2D eigenvalue weighted by molar-refractivity contribution is 7.89. The second-order valence-electron chi connectivity index (χ2n) is 9.50. The highest BCUT2D eigenvalue weighted by atomic mass is 32.2. The summed E-state index contributed by atoms with van der Waals surface area (Å²) in [6, 6.07) is 10.2. The third-order valence-corrected chi connectivity index (χ3v) is 8.67. The maximum atomic E-state index is 13.1. The molecule has 0 bridgehead atoms. The van der Waals surface area contributed by atoms with Gasteiger partial charge in [0.05, 0.1) is 11.4 Å². The standard InChI is InChI=1S/C25H25F3N6O4S/c1-15-3-4-16(2)18(13-15)14-34-23-21(31-32-34)24(35)30-22(29-23)17-9-11-33(12-10-17)39(36,37)20-7-5-19(6-8-20)38-25(26,27)28/h3-8,13,17H,9-12,14H2,1-2H3,(H,29,30,35). The van der Waals surface area contributed by atoms with E-state index in [0.29, 0.717) is 30.9 Å². The lowest BCUT2D eigenvalue weighted by molar-refractivity contribution is -0.274. The Balaban J connectivity index is 1.32. The van der Waals surface area contributed by atoms with Gasteiger partial charge in [0.2, 0.25) is 10.0 Å². The summed E-state index contributed by atoms with van der Waals surface area (Å²) >= 11 is 0. The summed E-state index contributed by atoms with van der Waals surface area (Å²) in [7, 11) is -3.93. The predicted octanol–water partition coefficient (Wildman–Crippen LogP) is 3.65. The number of hydrogen-bond donors (Lipinski definition) is 1. The van der Waals surface area contributed by atoms with Crippen molar-refractivity contribution < 1.29 is 26.3 Å². The van der Waals surface area contributed by atoms with Crippen LogP contribution in [0.3, 0.4) is 0 Å². The number of piperidine rings is 1. The number of hydrogen-bond acceptors (Lipinski definition) is 7. The Labute approximate surface area is 221 Å². The van der Waals surface area contributed by atoms with Crippen molar-refractivity contribution in [1.82, 2.24) is 29.3 Å². The fourth-order valence-electron chi connectivity index (χ4n) is 4.65. The van der Waals surface area contributed by atoms with Crippen LogP contribution < -0.4 is 10.3 Å². The number of aromatic nitrogens is 5.